The fourth-order valence-electron chi connectivity index (χ4n) is 3.55. The maximum atomic E-state index is 12.9. The molecule has 1 amide bonds. The van der Waals surface area contributed by atoms with Gasteiger partial charge in [-0.15, -0.1) is 0 Å². The minimum absolute atomic E-state index is 0.0290. The van der Waals surface area contributed by atoms with E-state index in [0.717, 1.165) is 41.7 Å². The van der Waals surface area contributed by atoms with Gasteiger partial charge in [0.2, 0.25) is 5.91 Å². The van der Waals surface area contributed by atoms with Crippen molar-refractivity contribution in [3.63, 3.8) is 0 Å². The maximum Gasteiger partial charge on any atom is 0.236 e. The van der Waals surface area contributed by atoms with Crippen LogP contribution < -0.4 is 10.1 Å². The highest BCUT2D eigenvalue weighted by molar-refractivity contribution is 6.00. The largest absolute Gasteiger partial charge is 0.496 e. The highest BCUT2D eigenvalue weighted by Gasteiger charge is 2.51. The van der Waals surface area contributed by atoms with Crippen molar-refractivity contribution in [3.8, 4) is 5.75 Å². The van der Waals surface area contributed by atoms with E-state index in [-0.39, 0.29) is 5.91 Å². The number of anilines is 1. The molecule has 1 saturated carbocycles. The lowest BCUT2D eigenvalue weighted by molar-refractivity contribution is -0.118. The average molecular weight is 372 g/mol. The Morgan fingerprint density at radius 2 is 1.82 bits per heavy atom. The Balaban J connectivity index is 1.44. The van der Waals surface area contributed by atoms with Crippen LogP contribution in [0, 0.1) is 6.92 Å². The quantitative estimate of drug-likeness (QED) is 0.685. The lowest BCUT2D eigenvalue weighted by Crippen LogP contribution is -2.28. The van der Waals surface area contributed by atoms with E-state index in [1.807, 2.05) is 42.6 Å². The van der Waals surface area contributed by atoms with E-state index in [2.05, 4.69) is 41.5 Å². The molecule has 142 valence electrons. The van der Waals surface area contributed by atoms with Crippen molar-refractivity contribution in [1.82, 2.24) is 4.98 Å². The molecule has 4 nitrogen and oxygen atoms in total. The predicted octanol–water partition coefficient (Wildman–Crippen LogP) is 4.66. The molecular formula is C24H24N2O2. The topological polar surface area (TPSA) is 51.2 Å². The van der Waals surface area contributed by atoms with Gasteiger partial charge in [-0.3, -0.25) is 4.79 Å². The molecule has 3 aromatic rings. The van der Waals surface area contributed by atoms with Crippen molar-refractivity contribution in [2.24, 2.45) is 0 Å². The summed E-state index contributed by atoms with van der Waals surface area (Å²) in [5, 5.41) is 3.00. The van der Waals surface area contributed by atoms with Crippen molar-refractivity contribution in [1.29, 1.82) is 0 Å². The van der Waals surface area contributed by atoms with Gasteiger partial charge >= 0.3 is 0 Å². The molecule has 0 unspecified atom stereocenters. The van der Waals surface area contributed by atoms with E-state index < -0.39 is 5.41 Å². The Hall–Kier alpha value is -3.14. The zero-order valence-electron chi connectivity index (χ0n) is 16.2. The number of methoxy groups -OCH3 is 1. The second-order valence-electron chi connectivity index (χ2n) is 7.44. The minimum atomic E-state index is -0.397. The Kier molecular flexibility index (Phi) is 4.86. The second-order valence-corrected chi connectivity index (χ2v) is 7.44. The number of ether oxygens (including phenoxy) is 1. The van der Waals surface area contributed by atoms with Gasteiger partial charge in [-0.1, -0.05) is 54.1 Å². The van der Waals surface area contributed by atoms with Gasteiger partial charge in [0.25, 0.3) is 0 Å². The van der Waals surface area contributed by atoms with Crippen LogP contribution in [0.4, 0.5) is 5.82 Å². The molecule has 0 saturated heterocycles. The summed E-state index contributed by atoms with van der Waals surface area (Å²) in [6.45, 7) is 2.06. The number of nitrogens with one attached hydrogen (secondary N) is 1. The van der Waals surface area contributed by atoms with Crippen molar-refractivity contribution < 1.29 is 9.53 Å². The molecule has 2 aromatic carbocycles. The third-order valence-electron chi connectivity index (χ3n) is 5.44. The summed E-state index contributed by atoms with van der Waals surface area (Å²) in [7, 11) is 1.68. The first-order valence-electron chi connectivity index (χ1n) is 9.56. The van der Waals surface area contributed by atoms with Crippen molar-refractivity contribution in [3.05, 3.63) is 89.1 Å². The number of aryl methyl sites for hydroxylation is 1. The molecular weight excluding hydrogens is 348 g/mol. The molecule has 1 heterocycles. The van der Waals surface area contributed by atoms with Gasteiger partial charge in [0.1, 0.15) is 11.6 Å². The number of pyridine rings is 1. The van der Waals surface area contributed by atoms with Gasteiger partial charge in [0.05, 0.1) is 12.5 Å². The van der Waals surface area contributed by atoms with E-state index in [0.29, 0.717) is 5.82 Å². The predicted molar refractivity (Wildman–Crippen MR) is 111 cm³/mol. The molecule has 0 radical (unpaired) electrons. The number of hydrogen-bond acceptors (Lipinski definition) is 3. The minimum Gasteiger partial charge on any atom is -0.496 e. The third-order valence-corrected chi connectivity index (χ3v) is 5.44. The van der Waals surface area contributed by atoms with Crippen LogP contribution in [0.25, 0.3) is 0 Å². The van der Waals surface area contributed by atoms with E-state index >= 15 is 0 Å². The molecule has 1 aromatic heterocycles. The van der Waals surface area contributed by atoms with Crippen LogP contribution >= 0.6 is 0 Å². The zero-order valence-corrected chi connectivity index (χ0v) is 16.2. The van der Waals surface area contributed by atoms with Crippen molar-refractivity contribution >= 4 is 11.7 Å². The number of nitrogens with zero attached hydrogens (tertiary/aromatic N) is 1. The van der Waals surface area contributed by atoms with E-state index in [9.17, 15) is 4.79 Å². The van der Waals surface area contributed by atoms with Gasteiger partial charge in [0.15, 0.2) is 0 Å². The Morgan fingerprint density at radius 3 is 2.46 bits per heavy atom. The lowest BCUT2D eigenvalue weighted by Gasteiger charge is -2.16. The van der Waals surface area contributed by atoms with Gasteiger partial charge < -0.3 is 10.1 Å². The van der Waals surface area contributed by atoms with Crippen LogP contribution in [0.2, 0.25) is 0 Å². The van der Waals surface area contributed by atoms with Crippen LogP contribution in [-0.4, -0.2) is 18.0 Å². The number of amides is 1. The van der Waals surface area contributed by atoms with Gasteiger partial charge in [0, 0.05) is 12.6 Å². The van der Waals surface area contributed by atoms with Crippen molar-refractivity contribution in [2.45, 2.75) is 31.6 Å². The highest BCUT2D eigenvalue weighted by atomic mass is 16.5. The standard InChI is InChI=1S/C24H24N2O2/c1-17-7-10-20(11-8-17)24(13-14-24)23(27)26-22-12-9-18(16-25-22)15-19-5-3-4-6-21(19)28-2/h3-12,16H,13-15H2,1-2H3,(H,25,26,27). The first-order valence-corrected chi connectivity index (χ1v) is 9.56. The number of carbonyl (C=O) groups is 1. The number of hydrogen-bond donors (Lipinski definition) is 1. The van der Waals surface area contributed by atoms with Crippen LogP contribution in [0.1, 0.15) is 35.1 Å². The average Bonchev–Trinajstić information content (AvgIpc) is 3.52. The van der Waals surface area contributed by atoms with Crippen molar-refractivity contribution in [2.75, 3.05) is 12.4 Å². The molecule has 4 heteroatoms. The van der Waals surface area contributed by atoms with Crippen LogP contribution in [0.5, 0.6) is 5.75 Å². The summed E-state index contributed by atoms with van der Waals surface area (Å²) in [5.74, 6) is 1.49. The first-order chi connectivity index (χ1) is 13.6. The number of aromatic nitrogens is 1. The molecule has 28 heavy (non-hydrogen) atoms. The van der Waals surface area contributed by atoms with Crippen LogP contribution in [0.15, 0.2) is 66.9 Å². The zero-order chi connectivity index (χ0) is 19.6. The summed E-state index contributed by atoms with van der Waals surface area (Å²) in [6.07, 6.45) is 4.31. The smallest absolute Gasteiger partial charge is 0.236 e. The lowest BCUT2D eigenvalue weighted by atomic mass is 9.94. The Labute approximate surface area is 165 Å². The monoisotopic (exact) mass is 372 g/mol. The number of rotatable bonds is 6. The third kappa shape index (κ3) is 3.63. The second kappa shape index (κ2) is 7.47. The van der Waals surface area contributed by atoms with E-state index in [4.69, 9.17) is 4.74 Å². The molecule has 0 bridgehead atoms. The Morgan fingerprint density at radius 1 is 1.07 bits per heavy atom. The summed E-state index contributed by atoms with van der Waals surface area (Å²) in [5.41, 5.74) is 4.07. The van der Waals surface area contributed by atoms with Crippen LogP contribution in [-0.2, 0) is 16.6 Å². The van der Waals surface area contributed by atoms with Crippen LogP contribution in [0.3, 0.4) is 0 Å². The summed E-state index contributed by atoms with van der Waals surface area (Å²) >= 11 is 0. The van der Waals surface area contributed by atoms with Gasteiger partial charge in [-0.25, -0.2) is 4.98 Å². The van der Waals surface area contributed by atoms with E-state index in [1.54, 1.807) is 7.11 Å². The fourth-order valence-corrected chi connectivity index (χ4v) is 3.55. The SMILES string of the molecule is COc1ccccc1Cc1ccc(NC(=O)C2(c3ccc(C)cc3)CC2)nc1. The molecule has 0 aliphatic heterocycles. The number of benzene rings is 2. The molecule has 1 aliphatic rings. The number of carbonyl (C=O) groups excluding carboxylic acids is 1. The summed E-state index contributed by atoms with van der Waals surface area (Å²) in [4.78, 5) is 17.3. The first kappa shape index (κ1) is 18.2. The molecule has 1 N–H and O–H groups in total. The molecule has 4 rings (SSSR count). The summed E-state index contributed by atoms with van der Waals surface area (Å²) in [6, 6.07) is 20.1. The molecule has 1 aliphatic carbocycles. The van der Waals surface area contributed by atoms with E-state index in [1.165, 1.54) is 5.56 Å². The van der Waals surface area contributed by atoms with Gasteiger partial charge in [-0.05, 0) is 48.6 Å². The number of para-hydroxylation sites is 1. The highest BCUT2D eigenvalue weighted by Crippen LogP contribution is 2.49. The summed E-state index contributed by atoms with van der Waals surface area (Å²) < 4.78 is 5.41. The normalized spacial score (nSPS) is 14.4. The molecule has 1 fully saturated rings. The fraction of sp³-hybridized carbons (Fsp3) is 0.250. The van der Waals surface area contributed by atoms with Gasteiger partial charge in [-0.2, -0.15) is 0 Å². The molecule has 0 atom stereocenters. The molecule has 0 spiro atoms. The Bertz CT molecular complexity index is 974. The maximum absolute atomic E-state index is 12.9.